The van der Waals surface area contributed by atoms with Crippen molar-refractivity contribution < 1.29 is 12.6 Å². The van der Waals surface area contributed by atoms with E-state index >= 15 is 0 Å². The molecule has 0 atom stereocenters. The lowest BCUT2D eigenvalue weighted by Crippen LogP contribution is -2.07. The number of imidazole rings is 1. The summed E-state index contributed by atoms with van der Waals surface area (Å²) in [6.07, 6.45) is 3.15. The number of fused-ring (bicyclic) bond motifs is 1. The van der Waals surface area contributed by atoms with Gasteiger partial charge in [0.25, 0.3) is 10.1 Å². The highest BCUT2D eigenvalue weighted by atomic mass is 32.2. The van der Waals surface area contributed by atoms with E-state index in [0.29, 0.717) is 5.52 Å². The minimum absolute atomic E-state index is 0.158. The highest BCUT2D eigenvalue weighted by Gasteiger charge is 2.15. The standard InChI is InChI=1S/C11H14N2O3S/c1-2-3-6-16-17(14,15)9-4-5-10-11(7-9)13-8-12-10/h4-5,7-8H,2-3,6H2,1H3,(H,12,13). The van der Waals surface area contributed by atoms with E-state index in [-0.39, 0.29) is 11.5 Å². The van der Waals surface area contributed by atoms with Crippen molar-refractivity contribution in [3.8, 4) is 0 Å². The molecule has 0 saturated heterocycles. The van der Waals surface area contributed by atoms with Crippen LogP contribution in [0.3, 0.4) is 0 Å². The smallest absolute Gasteiger partial charge is 0.297 e. The van der Waals surface area contributed by atoms with Crippen LogP contribution in [0, 0.1) is 0 Å². The van der Waals surface area contributed by atoms with Crippen LogP contribution in [-0.4, -0.2) is 25.0 Å². The van der Waals surface area contributed by atoms with Gasteiger partial charge < -0.3 is 4.98 Å². The van der Waals surface area contributed by atoms with E-state index in [9.17, 15) is 8.42 Å². The summed E-state index contributed by atoms with van der Waals surface area (Å²) in [6, 6.07) is 4.69. The second kappa shape index (κ2) is 4.85. The molecule has 6 heteroatoms. The Morgan fingerprint density at radius 1 is 1.41 bits per heavy atom. The molecule has 0 amide bonds. The fourth-order valence-corrected chi connectivity index (χ4v) is 2.42. The van der Waals surface area contributed by atoms with Crippen LogP contribution in [0.25, 0.3) is 11.0 Å². The molecule has 5 nitrogen and oxygen atoms in total. The van der Waals surface area contributed by atoms with Gasteiger partial charge in [-0.1, -0.05) is 13.3 Å². The lowest BCUT2D eigenvalue weighted by Gasteiger charge is -2.04. The van der Waals surface area contributed by atoms with Gasteiger partial charge in [-0.05, 0) is 24.6 Å². The van der Waals surface area contributed by atoms with Crippen LogP contribution in [0.2, 0.25) is 0 Å². The summed E-state index contributed by atoms with van der Waals surface area (Å²) in [5.74, 6) is 0. The molecule has 0 saturated carbocycles. The first-order valence-corrected chi connectivity index (χ1v) is 6.87. The SMILES string of the molecule is CCCCOS(=O)(=O)c1ccc2nc[nH]c2c1. The first-order valence-electron chi connectivity index (χ1n) is 5.46. The molecule has 1 N–H and O–H groups in total. The summed E-state index contributed by atoms with van der Waals surface area (Å²) in [4.78, 5) is 7.05. The molecule has 0 unspecified atom stereocenters. The number of nitrogens with one attached hydrogen (secondary N) is 1. The summed E-state index contributed by atoms with van der Waals surface area (Å²) in [5.41, 5.74) is 1.42. The number of unbranched alkanes of at least 4 members (excludes halogenated alkanes) is 1. The van der Waals surface area contributed by atoms with Gasteiger partial charge in [-0.2, -0.15) is 8.42 Å². The molecule has 1 aromatic carbocycles. The van der Waals surface area contributed by atoms with Crippen molar-refractivity contribution in [1.82, 2.24) is 9.97 Å². The minimum Gasteiger partial charge on any atom is -0.345 e. The molecule has 1 heterocycles. The molecule has 2 aromatic rings. The van der Waals surface area contributed by atoms with E-state index in [1.165, 1.54) is 18.5 Å². The van der Waals surface area contributed by atoms with Gasteiger partial charge in [0.15, 0.2) is 0 Å². The van der Waals surface area contributed by atoms with Crippen LogP contribution in [0.1, 0.15) is 19.8 Å². The van der Waals surface area contributed by atoms with Crippen molar-refractivity contribution in [2.24, 2.45) is 0 Å². The molecule has 1 aromatic heterocycles. The number of benzene rings is 1. The topological polar surface area (TPSA) is 72.1 Å². The molecule has 0 radical (unpaired) electrons. The van der Waals surface area contributed by atoms with Gasteiger partial charge in [-0.25, -0.2) is 4.98 Å². The Bertz CT molecular complexity index is 604. The Balaban J connectivity index is 2.25. The zero-order chi connectivity index (χ0) is 12.3. The van der Waals surface area contributed by atoms with Crippen molar-refractivity contribution >= 4 is 21.2 Å². The van der Waals surface area contributed by atoms with Gasteiger partial charge in [-0.3, -0.25) is 4.18 Å². The van der Waals surface area contributed by atoms with Crippen LogP contribution in [0.4, 0.5) is 0 Å². The van der Waals surface area contributed by atoms with Gasteiger partial charge in [0.1, 0.15) is 0 Å². The zero-order valence-corrected chi connectivity index (χ0v) is 10.3. The average Bonchev–Trinajstić information content (AvgIpc) is 2.76. The number of hydrogen-bond acceptors (Lipinski definition) is 4. The largest absolute Gasteiger partial charge is 0.345 e. The Hall–Kier alpha value is -1.40. The van der Waals surface area contributed by atoms with Crippen molar-refractivity contribution in [1.29, 1.82) is 0 Å². The van der Waals surface area contributed by atoms with Gasteiger partial charge in [0.05, 0.1) is 28.9 Å². The Morgan fingerprint density at radius 3 is 3.00 bits per heavy atom. The monoisotopic (exact) mass is 254 g/mol. The highest BCUT2D eigenvalue weighted by molar-refractivity contribution is 7.86. The third-order valence-corrected chi connectivity index (χ3v) is 3.73. The summed E-state index contributed by atoms with van der Waals surface area (Å²) in [5, 5.41) is 0. The molecular formula is C11H14N2O3S. The van der Waals surface area contributed by atoms with E-state index in [1.54, 1.807) is 6.07 Å². The third kappa shape index (κ3) is 2.65. The molecule has 17 heavy (non-hydrogen) atoms. The van der Waals surface area contributed by atoms with E-state index in [1.807, 2.05) is 6.92 Å². The highest BCUT2D eigenvalue weighted by Crippen LogP contribution is 2.18. The fourth-order valence-electron chi connectivity index (χ4n) is 1.45. The van der Waals surface area contributed by atoms with Gasteiger partial charge in [-0.15, -0.1) is 0 Å². The Labute approximate surface area is 99.9 Å². The second-order valence-electron chi connectivity index (χ2n) is 3.71. The van der Waals surface area contributed by atoms with Crippen molar-refractivity contribution in [3.63, 3.8) is 0 Å². The molecule has 0 aliphatic carbocycles. The van der Waals surface area contributed by atoms with E-state index in [2.05, 4.69) is 9.97 Å². The number of H-pyrrole nitrogens is 1. The fraction of sp³-hybridized carbons (Fsp3) is 0.364. The number of aromatic amines is 1. The van der Waals surface area contributed by atoms with E-state index in [0.717, 1.165) is 18.4 Å². The van der Waals surface area contributed by atoms with Crippen molar-refractivity contribution in [3.05, 3.63) is 24.5 Å². The summed E-state index contributed by atoms with van der Waals surface area (Å²) in [6.45, 7) is 2.20. The first kappa shape index (κ1) is 12.1. The minimum atomic E-state index is -3.65. The molecule has 0 aliphatic heterocycles. The van der Waals surface area contributed by atoms with Gasteiger partial charge >= 0.3 is 0 Å². The Morgan fingerprint density at radius 2 is 2.24 bits per heavy atom. The molecule has 0 fully saturated rings. The number of nitrogens with zero attached hydrogens (tertiary/aromatic N) is 1. The van der Waals surface area contributed by atoms with Crippen LogP contribution >= 0.6 is 0 Å². The molecule has 0 aliphatic rings. The van der Waals surface area contributed by atoms with Crippen LogP contribution in [-0.2, 0) is 14.3 Å². The predicted octanol–water partition coefficient (Wildman–Crippen LogP) is 2.07. The quantitative estimate of drug-likeness (QED) is 0.655. The van der Waals surface area contributed by atoms with Gasteiger partial charge in [0.2, 0.25) is 0 Å². The van der Waals surface area contributed by atoms with Crippen LogP contribution in [0.15, 0.2) is 29.4 Å². The predicted molar refractivity (Wildman–Crippen MR) is 64.1 cm³/mol. The number of rotatable bonds is 5. The first-order chi connectivity index (χ1) is 8.13. The molecule has 0 spiro atoms. The maximum atomic E-state index is 11.8. The Kier molecular flexibility index (Phi) is 3.44. The average molecular weight is 254 g/mol. The number of hydrogen-bond donors (Lipinski definition) is 1. The van der Waals surface area contributed by atoms with Crippen molar-refractivity contribution in [2.75, 3.05) is 6.61 Å². The van der Waals surface area contributed by atoms with E-state index in [4.69, 9.17) is 4.18 Å². The van der Waals surface area contributed by atoms with Crippen LogP contribution < -0.4 is 0 Å². The number of aromatic nitrogens is 2. The van der Waals surface area contributed by atoms with Crippen LogP contribution in [0.5, 0.6) is 0 Å². The summed E-state index contributed by atoms with van der Waals surface area (Å²) in [7, 11) is -3.65. The second-order valence-corrected chi connectivity index (χ2v) is 5.33. The molecule has 2 rings (SSSR count). The van der Waals surface area contributed by atoms with E-state index < -0.39 is 10.1 Å². The normalized spacial score (nSPS) is 12.1. The molecule has 92 valence electrons. The summed E-state index contributed by atoms with van der Waals surface area (Å²) >= 11 is 0. The molecule has 0 bridgehead atoms. The maximum absolute atomic E-state index is 11.8. The van der Waals surface area contributed by atoms with Gasteiger partial charge in [0, 0.05) is 0 Å². The lowest BCUT2D eigenvalue weighted by atomic mass is 10.3. The lowest BCUT2D eigenvalue weighted by molar-refractivity contribution is 0.311. The zero-order valence-electron chi connectivity index (χ0n) is 9.51. The van der Waals surface area contributed by atoms with Crippen molar-refractivity contribution in [2.45, 2.75) is 24.7 Å². The third-order valence-electron chi connectivity index (χ3n) is 2.42. The summed E-state index contributed by atoms with van der Waals surface area (Å²) < 4.78 is 28.6. The maximum Gasteiger partial charge on any atom is 0.297 e. The molecular weight excluding hydrogens is 240 g/mol.